The van der Waals surface area contributed by atoms with Gasteiger partial charge < -0.3 is 0 Å². The zero-order chi connectivity index (χ0) is 10.9. The van der Waals surface area contributed by atoms with Gasteiger partial charge >= 0.3 is 6.03 Å². The van der Waals surface area contributed by atoms with Gasteiger partial charge in [-0.3, -0.25) is 14.5 Å². The Kier molecular flexibility index (Phi) is 2.80. The lowest BCUT2D eigenvalue weighted by molar-refractivity contribution is -0.132. The van der Waals surface area contributed by atoms with Crippen LogP contribution in [0, 0.1) is 0 Å². The average Bonchev–Trinajstić information content (AvgIpc) is 2.38. The molecule has 0 aromatic heterocycles. The molecule has 1 saturated heterocycles. The minimum Gasteiger partial charge on any atom is -0.274 e. The van der Waals surface area contributed by atoms with Crippen molar-refractivity contribution < 1.29 is 14.4 Å². The molecule has 0 atom stereocenters. The number of hydroxylamine groups is 2. The quantitative estimate of drug-likeness (QED) is 0.593. The number of hydrogen-bond donors (Lipinski definition) is 0. The molecule has 5 heteroatoms. The number of urea groups is 1. The summed E-state index contributed by atoms with van der Waals surface area (Å²) in [6, 6.07) is -0.403. The van der Waals surface area contributed by atoms with Crippen LogP contribution in [0.15, 0.2) is 0 Å². The molecule has 5 nitrogen and oxygen atoms in total. The summed E-state index contributed by atoms with van der Waals surface area (Å²) >= 11 is 0. The second-order valence-electron chi connectivity index (χ2n) is 4.00. The van der Waals surface area contributed by atoms with Gasteiger partial charge in [-0.15, -0.1) is 0 Å². The van der Waals surface area contributed by atoms with Crippen molar-refractivity contribution in [2.45, 2.75) is 32.2 Å². The van der Waals surface area contributed by atoms with Crippen LogP contribution in [-0.2, 0) is 9.63 Å². The van der Waals surface area contributed by atoms with Gasteiger partial charge in [0.1, 0.15) is 0 Å². The monoisotopic (exact) mass is 200 g/mol. The topological polar surface area (TPSA) is 49.9 Å². The molecular formula is C9H16N2O3. The van der Waals surface area contributed by atoms with Gasteiger partial charge in [0, 0.05) is 19.0 Å². The van der Waals surface area contributed by atoms with Gasteiger partial charge in [-0.05, 0) is 20.3 Å². The summed E-state index contributed by atoms with van der Waals surface area (Å²) in [5.41, 5.74) is -0.402. The number of rotatable bonds is 1. The fourth-order valence-electron chi connectivity index (χ4n) is 1.56. The SMILES string of the molecule is CON(C)C(=O)N1C(=O)CCC1(C)C. The molecule has 0 aromatic carbocycles. The first kappa shape index (κ1) is 11.0. The molecule has 0 bridgehead atoms. The van der Waals surface area contributed by atoms with Crippen molar-refractivity contribution in [2.75, 3.05) is 14.2 Å². The minimum atomic E-state index is -0.403. The van der Waals surface area contributed by atoms with E-state index in [4.69, 9.17) is 4.84 Å². The summed E-state index contributed by atoms with van der Waals surface area (Å²) in [6.07, 6.45) is 1.13. The number of imide groups is 1. The third-order valence-electron chi connectivity index (χ3n) is 2.54. The van der Waals surface area contributed by atoms with Gasteiger partial charge in [-0.25, -0.2) is 9.86 Å². The number of carbonyl (C=O) groups is 2. The molecule has 0 unspecified atom stereocenters. The lowest BCUT2D eigenvalue weighted by atomic mass is 10.0. The third kappa shape index (κ3) is 1.72. The summed E-state index contributed by atoms with van der Waals surface area (Å²) in [7, 11) is 2.88. The molecule has 0 spiro atoms. The van der Waals surface area contributed by atoms with Crippen LogP contribution in [0.25, 0.3) is 0 Å². The molecule has 1 fully saturated rings. The average molecular weight is 200 g/mol. The highest BCUT2D eigenvalue weighted by molar-refractivity contribution is 5.96. The lowest BCUT2D eigenvalue weighted by Gasteiger charge is -2.31. The molecule has 1 aliphatic heterocycles. The lowest BCUT2D eigenvalue weighted by Crippen LogP contribution is -2.50. The Hall–Kier alpha value is -1.10. The van der Waals surface area contributed by atoms with Crippen LogP contribution < -0.4 is 0 Å². The number of likely N-dealkylation sites (tertiary alicyclic amines) is 1. The van der Waals surface area contributed by atoms with Crippen LogP contribution >= 0.6 is 0 Å². The Balaban J connectivity index is 2.85. The molecule has 3 amide bonds. The molecule has 0 aromatic rings. The van der Waals surface area contributed by atoms with E-state index in [0.29, 0.717) is 12.8 Å². The zero-order valence-electron chi connectivity index (χ0n) is 9.03. The molecule has 80 valence electrons. The van der Waals surface area contributed by atoms with Gasteiger partial charge in [-0.1, -0.05) is 0 Å². The Bertz CT molecular complexity index is 263. The summed E-state index contributed by atoms with van der Waals surface area (Å²) in [6.45, 7) is 3.75. The highest BCUT2D eigenvalue weighted by atomic mass is 16.7. The normalized spacial score (nSPS) is 20.0. The van der Waals surface area contributed by atoms with Crippen molar-refractivity contribution in [3.05, 3.63) is 0 Å². The standard InChI is InChI=1S/C9H16N2O3/c1-9(2)6-5-7(12)11(9)8(13)10(3)14-4/h5-6H2,1-4H3. The predicted molar refractivity (Wildman–Crippen MR) is 50.3 cm³/mol. The highest BCUT2D eigenvalue weighted by Gasteiger charge is 2.43. The van der Waals surface area contributed by atoms with Crippen molar-refractivity contribution in [2.24, 2.45) is 0 Å². The predicted octanol–water partition coefficient (Wildman–Crippen LogP) is 1.00. The fourth-order valence-corrected chi connectivity index (χ4v) is 1.56. The van der Waals surface area contributed by atoms with E-state index in [1.807, 2.05) is 13.8 Å². The van der Waals surface area contributed by atoms with Crippen molar-refractivity contribution in [1.82, 2.24) is 9.96 Å². The van der Waals surface area contributed by atoms with Crippen LogP contribution in [0.2, 0.25) is 0 Å². The summed E-state index contributed by atoms with van der Waals surface area (Å²) in [4.78, 5) is 29.2. The smallest absolute Gasteiger partial charge is 0.274 e. The van der Waals surface area contributed by atoms with E-state index >= 15 is 0 Å². The van der Waals surface area contributed by atoms with Gasteiger partial charge in [0.25, 0.3) is 0 Å². The van der Waals surface area contributed by atoms with Crippen molar-refractivity contribution in [3.8, 4) is 0 Å². The number of carbonyl (C=O) groups excluding carboxylic acids is 2. The zero-order valence-corrected chi connectivity index (χ0v) is 9.03. The number of nitrogens with zero attached hydrogens (tertiary/aromatic N) is 2. The summed E-state index contributed by atoms with van der Waals surface area (Å²) in [5.74, 6) is -0.135. The Morgan fingerprint density at radius 1 is 1.57 bits per heavy atom. The molecule has 0 saturated carbocycles. The van der Waals surface area contributed by atoms with Crippen molar-refractivity contribution >= 4 is 11.9 Å². The van der Waals surface area contributed by atoms with Gasteiger partial charge in [0.2, 0.25) is 5.91 Å². The summed E-state index contributed by atoms with van der Waals surface area (Å²) < 4.78 is 0. The number of hydrogen-bond acceptors (Lipinski definition) is 3. The van der Waals surface area contributed by atoms with E-state index in [2.05, 4.69) is 0 Å². The van der Waals surface area contributed by atoms with Gasteiger partial charge in [-0.2, -0.15) is 0 Å². The maximum Gasteiger partial charge on any atom is 0.350 e. The van der Waals surface area contributed by atoms with E-state index in [1.54, 1.807) is 0 Å². The molecule has 1 heterocycles. The molecule has 0 aliphatic carbocycles. The maximum absolute atomic E-state index is 11.7. The Morgan fingerprint density at radius 3 is 2.50 bits per heavy atom. The minimum absolute atomic E-state index is 0.135. The third-order valence-corrected chi connectivity index (χ3v) is 2.54. The molecular weight excluding hydrogens is 184 g/mol. The largest absolute Gasteiger partial charge is 0.350 e. The molecule has 0 radical (unpaired) electrons. The van der Waals surface area contributed by atoms with Crippen LogP contribution in [0.1, 0.15) is 26.7 Å². The first-order chi connectivity index (χ1) is 6.40. The Labute approximate surface area is 83.6 Å². The molecule has 14 heavy (non-hydrogen) atoms. The first-order valence-electron chi connectivity index (χ1n) is 4.55. The van der Waals surface area contributed by atoms with Gasteiger partial charge in [0.15, 0.2) is 0 Å². The van der Waals surface area contributed by atoms with E-state index in [1.165, 1.54) is 19.1 Å². The van der Waals surface area contributed by atoms with E-state index in [9.17, 15) is 9.59 Å². The van der Waals surface area contributed by atoms with Gasteiger partial charge in [0.05, 0.1) is 7.11 Å². The van der Waals surface area contributed by atoms with Crippen LogP contribution in [0.5, 0.6) is 0 Å². The van der Waals surface area contributed by atoms with Crippen LogP contribution in [0.4, 0.5) is 4.79 Å². The summed E-state index contributed by atoms with van der Waals surface area (Å²) in [5, 5.41) is 1.06. The first-order valence-corrected chi connectivity index (χ1v) is 4.55. The van der Waals surface area contributed by atoms with Crippen molar-refractivity contribution in [3.63, 3.8) is 0 Å². The maximum atomic E-state index is 11.7. The second-order valence-corrected chi connectivity index (χ2v) is 4.00. The van der Waals surface area contributed by atoms with E-state index < -0.39 is 11.6 Å². The number of amides is 3. The molecule has 1 rings (SSSR count). The van der Waals surface area contributed by atoms with Crippen LogP contribution in [-0.4, -0.2) is 41.6 Å². The van der Waals surface area contributed by atoms with Crippen LogP contribution in [0.3, 0.4) is 0 Å². The fraction of sp³-hybridized carbons (Fsp3) is 0.778. The molecule has 0 N–H and O–H groups in total. The second kappa shape index (κ2) is 3.57. The Morgan fingerprint density at radius 2 is 2.14 bits per heavy atom. The molecule has 1 aliphatic rings. The highest BCUT2D eigenvalue weighted by Crippen LogP contribution is 2.30. The van der Waals surface area contributed by atoms with E-state index in [0.717, 1.165) is 5.06 Å². The van der Waals surface area contributed by atoms with E-state index in [-0.39, 0.29) is 5.91 Å². The van der Waals surface area contributed by atoms with Crippen molar-refractivity contribution in [1.29, 1.82) is 0 Å².